The van der Waals surface area contributed by atoms with Gasteiger partial charge in [0.1, 0.15) is 6.29 Å². The summed E-state index contributed by atoms with van der Waals surface area (Å²) < 4.78 is 0. The first-order valence-electron chi connectivity index (χ1n) is 16.0. The van der Waals surface area contributed by atoms with E-state index in [-0.39, 0.29) is 7.43 Å². The molecular formula is C33H92N14. The highest BCUT2D eigenvalue weighted by molar-refractivity contribution is 4.58. The van der Waals surface area contributed by atoms with Crippen molar-refractivity contribution in [3.05, 3.63) is 0 Å². The third-order valence-corrected chi connectivity index (χ3v) is 4.93. The van der Waals surface area contributed by atoms with Crippen molar-refractivity contribution in [2.75, 3.05) is 216 Å². The van der Waals surface area contributed by atoms with Gasteiger partial charge in [-0.05, 0) is 169 Å². The summed E-state index contributed by atoms with van der Waals surface area (Å²) in [6.45, 7) is 7.01. The lowest BCUT2D eigenvalue weighted by molar-refractivity contribution is 0.00961. The maximum Gasteiger partial charge on any atom is 0.118 e. The van der Waals surface area contributed by atoms with Crippen molar-refractivity contribution >= 4 is 0 Å². The molecular weight excluding hydrogens is 592 g/mol. The first-order chi connectivity index (χ1) is 20.8. The summed E-state index contributed by atoms with van der Waals surface area (Å²) in [5.74, 6) is 0. The molecule has 0 aliphatic carbocycles. The van der Waals surface area contributed by atoms with Gasteiger partial charge >= 0.3 is 0 Å². The molecule has 0 fully saturated rings. The molecule has 0 bridgehead atoms. The van der Waals surface area contributed by atoms with Crippen LogP contribution in [0.4, 0.5) is 0 Å². The van der Waals surface area contributed by atoms with Crippen molar-refractivity contribution in [1.82, 2.24) is 69.0 Å². The molecule has 0 aromatic heterocycles. The van der Waals surface area contributed by atoms with Crippen molar-refractivity contribution in [2.24, 2.45) is 0 Å². The second kappa shape index (κ2) is 36.7. The van der Waals surface area contributed by atoms with E-state index >= 15 is 0 Å². The van der Waals surface area contributed by atoms with Crippen molar-refractivity contribution in [1.29, 1.82) is 0 Å². The van der Waals surface area contributed by atoms with Crippen molar-refractivity contribution in [3.8, 4) is 0 Å². The van der Waals surface area contributed by atoms with E-state index in [1.807, 2.05) is 14.1 Å². The third kappa shape index (κ3) is 55.1. The van der Waals surface area contributed by atoms with Crippen LogP contribution in [0.1, 0.15) is 7.43 Å². The molecule has 294 valence electrons. The summed E-state index contributed by atoms with van der Waals surface area (Å²) in [4.78, 5) is 28.6. The Morgan fingerprint density at radius 2 is 0.511 bits per heavy atom. The second-order valence-electron chi connectivity index (χ2n) is 14.7. The van der Waals surface area contributed by atoms with Crippen LogP contribution in [0.3, 0.4) is 0 Å². The van der Waals surface area contributed by atoms with Gasteiger partial charge in [0.05, 0.1) is 40.0 Å². The Kier molecular flexibility index (Phi) is 45.8. The Labute approximate surface area is 298 Å². The molecule has 0 radical (unpaired) electrons. The van der Waals surface area contributed by atoms with Gasteiger partial charge in [-0.1, -0.05) is 7.43 Å². The highest BCUT2D eigenvalue weighted by Gasteiger charge is 2.14. The largest absolute Gasteiger partial charge is 0.323 e. The number of hydrogen-bond acceptors (Lipinski definition) is 14. The van der Waals surface area contributed by atoms with Crippen LogP contribution < -0.4 is 5.32 Å². The summed E-state index contributed by atoms with van der Waals surface area (Å²) in [6, 6.07) is 0. The van der Waals surface area contributed by atoms with Crippen LogP contribution in [0.25, 0.3) is 0 Å². The van der Waals surface area contributed by atoms with Crippen LogP contribution in [-0.2, 0) is 0 Å². The Morgan fingerprint density at radius 1 is 0.319 bits per heavy atom. The van der Waals surface area contributed by atoms with Gasteiger partial charge in [-0.2, -0.15) is 0 Å². The maximum absolute atomic E-state index is 2.75. The number of hydrogen-bond donors (Lipinski definition) is 1. The van der Waals surface area contributed by atoms with Gasteiger partial charge in [0.15, 0.2) is 0 Å². The number of rotatable bonds is 17. The molecule has 0 rings (SSSR count). The summed E-state index contributed by atoms with van der Waals surface area (Å²) in [7, 11) is 49.6. The van der Waals surface area contributed by atoms with Crippen LogP contribution in [0.5, 0.6) is 0 Å². The quantitative estimate of drug-likeness (QED) is 0.212. The van der Waals surface area contributed by atoms with Crippen molar-refractivity contribution in [3.63, 3.8) is 0 Å². The molecule has 0 aromatic rings. The molecule has 0 spiro atoms. The smallest absolute Gasteiger partial charge is 0.118 e. The van der Waals surface area contributed by atoms with E-state index in [2.05, 4.69) is 224 Å². The van der Waals surface area contributed by atoms with E-state index in [0.29, 0.717) is 6.29 Å². The van der Waals surface area contributed by atoms with Gasteiger partial charge in [-0.25, -0.2) is 0 Å². The molecule has 0 heterocycles. The fraction of sp³-hybridized carbons (Fsp3) is 1.00. The summed E-state index contributed by atoms with van der Waals surface area (Å²) in [5, 5.41) is 2.75. The summed E-state index contributed by atoms with van der Waals surface area (Å²) in [6.07, 6.45) is 0.389. The van der Waals surface area contributed by atoms with Crippen molar-refractivity contribution < 1.29 is 0 Å². The molecule has 0 aliphatic heterocycles. The zero-order valence-corrected chi connectivity index (χ0v) is 35.8. The standard InChI is InChI=1S/2C9H24N4.C7H19N3.C5H14N2.C2H7N.CH4/c1-10(2)7-12(5)9-13(6)8-11(3)4;1-10(2)7-13(8-11(3)4)9-12(5)6;1-8(2)7(9(3)4)10(5)6;1-6(2)5-7(3)4;1-3-2;/h2*7-9H2,1-6H3;7H,1-6H3;5H2,1-4H3;3H,1-2H3;1H4. The van der Waals surface area contributed by atoms with E-state index in [1.165, 1.54) is 0 Å². The molecule has 0 unspecified atom stereocenters. The van der Waals surface area contributed by atoms with Crippen molar-refractivity contribution in [2.45, 2.75) is 13.7 Å². The maximum atomic E-state index is 2.75. The normalized spacial score (nSPS) is 11.6. The molecule has 14 heteroatoms. The van der Waals surface area contributed by atoms with Gasteiger partial charge in [0.2, 0.25) is 0 Å². The molecule has 1 N–H and O–H groups in total. The van der Waals surface area contributed by atoms with Gasteiger partial charge in [0, 0.05) is 6.67 Å². The summed E-state index contributed by atoms with van der Waals surface area (Å²) >= 11 is 0. The third-order valence-electron chi connectivity index (χ3n) is 4.93. The first-order valence-corrected chi connectivity index (χ1v) is 16.0. The molecule has 0 aromatic carbocycles. The Hall–Kier alpha value is -0.560. The lowest BCUT2D eigenvalue weighted by atomic mass is 10.6. The topological polar surface area (TPSA) is 54.2 Å². The molecule has 0 aliphatic rings. The van der Waals surface area contributed by atoms with E-state index in [1.54, 1.807) is 0 Å². The van der Waals surface area contributed by atoms with E-state index in [9.17, 15) is 0 Å². The highest BCUT2D eigenvalue weighted by atomic mass is 15.5. The van der Waals surface area contributed by atoms with Crippen LogP contribution >= 0.6 is 0 Å². The second-order valence-corrected chi connectivity index (χ2v) is 14.7. The molecule has 0 amide bonds. The fourth-order valence-electron chi connectivity index (χ4n) is 4.75. The zero-order valence-electron chi connectivity index (χ0n) is 35.8. The zero-order chi connectivity index (χ0) is 37.7. The lowest BCUT2D eigenvalue weighted by Gasteiger charge is -2.35. The average Bonchev–Trinajstić information content (AvgIpc) is 2.76. The monoisotopic (exact) mass is 685 g/mol. The first kappa shape index (κ1) is 58.6. The number of nitrogens with one attached hydrogen (secondary N) is 1. The average molecular weight is 685 g/mol. The minimum Gasteiger partial charge on any atom is -0.323 e. The van der Waals surface area contributed by atoms with Gasteiger partial charge in [-0.15, -0.1) is 0 Å². The Bertz CT molecular complexity index is 523. The van der Waals surface area contributed by atoms with Crippen LogP contribution in [-0.4, -0.2) is 286 Å². The predicted octanol–water partition coefficient (Wildman–Crippen LogP) is 0.185. The van der Waals surface area contributed by atoms with E-state index in [0.717, 1.165) is 46.7 Å². The Balaban J connectivity index is -0.000000117. The van der Waals surface area contributed by atoms with Gasteiger partial charge in [0.25, 0.3) is 0 Å². The molecule has 0 saturated heterocycles. The van der Waals surface area contributed by atoms with Gasteiger partial charge < -0.3 is 5.32 Å². The van der Waals surface area contributed by atoms with E-state index in [4.69, 9.17) is 0 Å². The minimum absolute atomic E-state index is 0. The van der Waals surface area contributed by atoms with Gasteiger partial charge in [-0.3, -0.25) is 63.7 Å². The summed E-state index contributed by atoms with van der Waals surface area (Å²) in [5.41, 5.74) is 0. The SMILES string of the molecule is C.CN(C)C(N(C)C)N(C)C.CN(C)CN(C)C.CN(C)CN(C)CN(C)CN(C)C.CN(C)CN(CN(C)C)CN(C)C.CNC. The van der Waals surface area contributed by atoms with Crippen LogP contribution in [0.15, 0.2) is 0 Å². The fourth-order valence-corrected chi connectivity index (χ4v) is 4.75. The molecule has 14 nitrogen and oxygen atoms in total. The lowest BCUT2D eigenvalue weighted by Crippen LogP contribution is -2.50. The molecule has 0 atom stereocenters. The minimum atomic E-state index is 0. The molecule has 47 heavy (non-hydrogen) atoms. The van der Waals surface area contributed by atoms with Crippen LogP contribution in [0.2, 0.25) is 0 Å². The van der Waals surface area contributed by atoms with E-state index < -0.39 is 0 Å². The predicted molar refractivity (Wildman–Crippen MR) is 214 cm³/mol. The number of nitrogens with zero attached hydrogens (tertiary/aromatic N) is 13. The molecule has 0 saturated carbocycles. The highest BCUT2D eigenvalue weighted by Crippen LogP contribution is 1.98. The van der Waals surface area contributed by atoms with Crippen LogP contribution in [0, 0.1) is 0 Å². The Morgan fingerprint density at radius 3 is 0.617 bits per heavy atom.